The van der Waals surface area contributed by atoms with Gasteiger partial charge in [0.25, 0.3) is 0 Å². The first-order valence-corrected chi connectivity index (χ1v) is 9.04. The molecular formula is C18H18N2O4S. The van der Waals surface area contributed by atoms with Crippen LogP contribution in [-0.4, -0.2) is 19.3 Å². The van der Waals surface area contributed by atoms with Gasteiger partial charge in [-0.15, -0.1) is 0 Å². The van der Waals surface area contributed by atoms with Crippen LogP contribution in [0, 0.1) is 0 Å². The van der Waals surface area contributed by atoms with Crippen LogP contribution in [0.1, 0.15) is 37.8 Å². The van der Waals surface area contributed by atoms with E-state index in [1.165, 1.54) is 4.57 Å². The Morgan fingerprint density at radius 1 is 1.12 bits per heavy atom. The SMILES string of the molecule is Cn1c(=O)sc2cc(-n3c(O)c4c(c3O)[C@]3(C)CC[C@@]4(C)O3)ccc21. The van der Waals surface area contributed by atoms with Crippen LogP contribution in [0.5, 0.6) is 11.8 Å². The lowest BCUT2D eigenvalue weighted by atomic mass is 9.80. The highest BCUT2D eigenvalue weighted by Gasteiger charge is 2.59. The molecule has 3 aromatic rings. The fourth-order valence-corrected chi connectivity index (χ4v) is 5.40. The second kappa shape index (κ2) is 4.28. The van der Waals surface area contributed by atoms with Crippen LogP contribution in [-0.2, 0) is 23.0 Å². The van der Waals surface area contributed by atoms with Crippen LogP contribution >= 0.6 is 11.3 Å². The number of aromatic hydroxyl groups is 2. The molecule has 6 nitrogen and oxygen atoms in total. The number of aromatic nitrogens is 2. The quantitative estimate of drug-likeness (QED) is 0.701. The molecule has 0 radical (unpaired) electrons. The van der Waals surface area contributed by atoms with Gasteiger partial charge in [0.1, 0.15) is 0 Å². The minimum absolute atomic E-state index is 0.0149. The molecule has 0 amide bonds. The largest absolute Gasteiger partial charge is 0.494 e. The van der Waals surface area contributed by atoms with Gasteiger partial charge in [0.05, 0.1) is 38.2 Å². The van der Waals surface area contributed by atoms with Crippen LogP contribution in [0.4, 0.5) is 0 Å². The Labute approximate surface area is 147 Å². The maximum Gasteiger partial charge on any atom is 0.307 e. The van der Waals surface area contributed by atoms with E-state index >= 15 is 0 Å². The third kappa shape index (κ3) is 1.65. The highest BCUT2D eigenvalue weighted by atomic mass is 32.1. The number of aryl methyl sites for hydroxylation is 1. The highest BCUT2D eigenvalue weighted by molar-refractivity contribution is 7.16. The smallest absolute Gasteiger partial charge is 0.307 e. The number of hydrogen-bond donors (Lipinski definition) is 2. The predicted octanol–water partition coefficient (Wildman–Crippen LogP) is 3.06. The van der Waals surface area contributed by atoms with Crippen molar-refractivity contribution in [2.45, 2.75) is 37.9 Å². The molecule has 2 aromatic heterocycles. The Morgan fingerprint density at radius 2 is 1.72 bits per heavy atom. The molecule has 0 unspecified atom stereocenters. The van der Waals surface area contributed by atoms with Gasteiger partial charge in [-0.1, -0.05) is 11.3 Å². The number of ether oxygens (including phenoxy) is 1. The van der Waals surface area contributed by atoms with Crippen molar-refractivity contribution in [2.24, 2.45) is 7.05 Å². The summed E-state index contributed by atoms with van der Waals surface area (Å²) >= 11 is 1.15. The van der Waals surface area contributed by atoms with Crippen molar-refractivity contribution in [3.63, 3.8) is 0 Å². The van der Waals surface area contributed by atoms with Gasteiger partial charge < -0.3 is 19.5 Å². The molecule has 1 fully saturated rings. The maximum atomic E-state index is 11.9. The summed E-state index contributed by atoms with van der Waals surface area (Å²) < 4.78 is 9.99. The van der Waals surface area contributed by atoms with Gasteiger partial charge in [-0.3, -0.25) is 9.36 Å². The lowest BCUT2D eigenvalue weighted by molar-refractivity contribution is -0.0683. The molecule has 0 saturated carbocycles. The number of benzene rings is 1. The first-order valence-electron chi connectivity index (χ1n) is 8.23. The molecule has 2 atom stereocenters. The highest BCUT2D eigenvalue weighted by Crippen LogP contribution is 2.64. The van der Waals surface area contributed by atoms with Crippen molar-refractivity contribution in [1.82, 2.24) is 9.13 Å². The zero-order chi connectivity index (χ0) is 17.7. The van der Waals surface area contributed by atoms with Gasteiger partial charge in [0.15, 0.2) is 0 Å². The van der Waals surface area contributed by atoms with Gasteiger partial charge in [-0.2, -0.15) is 0 Å². The number of rotatable bonds is 1. The summed E-state index contributed by atoms with van der Waals surface area (Å²) in [6, 6.07) is 5.46. The molecule has 2 aliphatic heterocycles. The van der Waals surface area contributed by atoms with Gasteiger partial charge in [-0.05, 0) is 44.9 Å². The van der Waals surface area contributed by atoms with E-state index in [-0.39, 0.29) is 16.6 Å². The Balaban J connectivity index is 1.79. The van der Waals surface area contributed by atoms with Crippen molar-refractivity contribution in [3.8, 4) is 17.4 Å². The molecule has 25 heavy (non-hydrogen) atoms. The van der Waals surface area contributed by atoms with Crippen molar-refractivity contribution in [1.29, 1.82) is 0 Å². The van der Waals surface area contributed by atoms with Crippen molar-refractivity contribution >= 4 is 21.6 Å². The van der Waals surface area contributed by atoms with E-state index < -0.39 is 11.2 Å². The monoisotopic (exact) mass is 358 g/mol. The molecule has 2 bridgehead atoms. The molecule has 1 aromatic carbocycles. The predicted molar refractivity (Wildman–Crippen MR) is 94.7 cm³/mol. The third-order valence-electron chi connectivity index (χ3n) is 5.74. The van der Waals surface area contributed by atoms with Crippen LogP contribution < -0.4 is 4.87 Å². The fourth-order valence-electron chi connectivity index (χ4n) is 4.48. The molecule has 130 valence electrons. The lowest BCUT2D eigenvalue weighted by Gasteiger charge is -2.21. The lowest BCUT2D eigenvalue weighted by Crippen LogP contribution is -2.17. The van der Waals surface area contributed by atoms with Gasteiger partial charge in [-0.25, -0.2) is 0 Å². The number of nitrogens with zero attached hydrogens (tertiary/aromatic N) is 2. The topological polar surface area (TPSA) is 76.6 Å². The van der Waals surface area contributed by atoms with Gasteiger partial charge in [0, 0.05) is 7.05 Å². The number of thiazole rings is 1. The van der Waals surface area contributed by atoms with E-state index in [4.69, 9.17) is 4.74 Å². The van der Waals surface area contributed by atoms with Gasteiger partial charge in [0.2, 0.25) is 11.8 Å². The standard InChI is InChI=1S/C18H18N2O4S/c1-17-6-7-18(2,24-17)13-12(17)14(21)20(15(13)22)9-4-5-10-11(8-9)25-16(23)19(10)3/h4-5,8,21-22H,6-7H2,1-3H3/t17-,18+. The van der Waals surface area contributed by atoms with Crippen LogP contribution in [0.3, 0.4) is 0 Å². The molecule has 0 aliphatic carbocycles. The Bertz CT molecular complexity index is 1080. The van der Waals surface area contributed by atoms with E-state index in [9.17, 15) is 15.0 Å². The first-order chi connectivity index (χ1) is 11.8. The normalized spacial score (nSPS) is 27.3. The molecule has 4 heterocycles. The third-order valence-corrected chi connectivity index (χ3v) is 6.74. The summed E-state index contributed by atoms with van der Waals surface area (Å²) in [5.41, 5.74) is 1.68. The second-order valence-corrected chi connectivity index (χ2v) is 8.37. The fraction of sp³-hybridized carbons (Fsp3) is 0.389. The van der Waals surface area contributed by atoms with Crippen LogP contribution in [0.25, 0.3) is 15.9 Å². The molecule has 2 N–H and O–H groups in total. The Hall–Kier alpha value is -2.25. The van der Waals surface area contributed by atoms with E-state index in [0.29, 0.717) is 16.8 Å². The van der Waals surface area contributed by atoms with Crippen molar-refractivity contribution in [2.75, 3.05) is 0 Å². The average Bonchev–Trinajstić information content (AvgIpc) is 3.18. The Morgan fingerprint density at radius 3 is 2.32 bits per heavy atom. The van der Waals surface area contributed by atoms with Crippen LogP contribution in [0.2, 0.25) is 0 Å². The molecule has 5 rings (SSSR count). The molecular weight excluding hydrogens is 340 g/mol. The van der Waals surface area contributed by atoms with E-state index in [0.717, 1.165) is 34.4 Å². The van der Waals surface area contributed by atoms with E-state index in [1.807, 2.05) is 26.0 Å². The number of fused-ring (bicyclic) bond motifs is 6. The zero-order valence-electron chi connectivity index (χ0n) is 14.2. The minimum atomic E-state index is -0.571. The summed E-state index contributed by atoms with van der Waals surface area (Å²) in [5, 5.41) is 21.8. The summed E-state index contributed by atoms with van der Waals surface area (Å²) in [5.74, 6) is 0.0297. The average molecular weight is 358 g/mol. The Kier molecular flexibility index (Phi) is 2.58. The number of hydrogen-bond acceptors (Lipinski definition) is 5. The molecule has 2 aliphatic rings. The zero-order valence-corrected chi connectivity index (χ0v) is 15.0. The minimum Gasteiger partial charge on any atom is -0.494 e. The first kappa shape index (κ1) is 15.0. The van der Waals surface area contributed by atoms with Crippen molar-refractivity contribution in [3.05, 3.63) is 39.0 Å². The van der Waals surface area contributed by atoms with E-state index in [2.05, 4.69) is 0 Å². The van der Waals surface area contributed by atoms with E-state index in [1.54, 1.807) is 17.7 Å². The van der Waals surface area contributed by atoms with Crippen molar-refractivity contribution < 1.29 is 14.9 Å². The molecule has 0 spiro atoms. The molecule has 7 heteroatoms. The van der Waals surface area contributed by atoms with Gasteiger partial charge >= 0.3 is 4.87 Å². The van der Waals surface area contributed by atoms with Crippen LogP contribution in [0.15, 0.2) is 23.0 Å². The summed E-state index contributed by atoms with van der Waals surface area (Å²) in [6.45, 7) is 3.92. The summed E-state index contributed by atoms with van der Waals surface area (Å²) in [6.07, 6.45) is 1.62. The summed E-state index contributed by atoms with van der Waals surface area (Å²) in [7, 11) is 1.73. The summed E-state index contributed by atoms with van der Waals surface area (Å²) in [4.78, 5) is 11.8. The maximum absolute atomic E-state index is 11.9. The molecule has 1 saturated heterocycles. The second-order valence-electron chi connectivity index (χ2n) is 7.38.